The molecule has 0 aromatic carbocycles. The maximum Gasteiger partial charge on any atom is 0.262 e. The van der Waals surface area contributed by atoms with Gasteiger partial charge in [-0.2, -0.15) is 0 Å². The molecule has 0 atom stereocenters. The predicted molar refractivity (Wildman–Crippen MR) is 55.8 cm³/mol. The first-order chi connectivity index (χ1) is 5.41. The number of hydrogen-bond acceptors (Lipinski definition) is 3. The van der Waals surface area contributed by atoms with Crippen LogP contribution in [0.4, 0.5) is 0 Å². The van der Waals surface area contributed by atoms with Crippen LogP contribution >= 0.6 is 37.9 Å². The highest BCUT2D eigenvalue weighted by Crippen LogP contribution is 2.31. The summed E-state index contributed by atoms with van der Waals surface area (Å²) in [5, 5.41) is 0. The fourth-order valence-corrected chi connectivity index (χ4v) is 2.98. The second kappa shape index (κ2) is 3.49. The molecule has 0 radical (unpaired) electrons. The van der Waals surface area contributed by atoms with Gasteiger partial charge in [-0.15, -0.1) is 11.3 Å². The van der Waals surface area contributed by atoms with Crippen LogP contribution in [-0.4, -0.2) is 8.42 Å². The molecule has 2 nitrogen and oxygen atoms in total. The summed E-state index contributed by atoms with van der Waals surface area (Å²) in [6.07, 6.45) is 0. The molecule has 0 unspecified atom stereocenters. The van der Waals surface area contributed by atoms with Gasteiger partial charge in [0, 0.05) is 15.6 Å². The number of hydrogen-bond donors (Lipinski definition) is 0. The average molecular weight is 288 g/mol. The highest BCUT2D eigenvalue weighted by molar-refractivity contribution is 9.11. The minimum atomic E-state index is -3.68. The summed E-state index contributed by atoms with van der Waals surface area (Å²) in [5.74, 6) is 0. The SMILES string of the molecule is C=C(c1ccc(Br)s1)S(=O)(=O)Cl. The van der Waals surface area contributed by atoms with E-state index in [2.05, 4.69) is 22.5 Å². The van der Waals surface area contributed by atoms with Crippen LogP contribution in [0.2, 0.25) is 0 Å². The monoisotopic (exact) mass is 286 g/mol. The largest absolute Gasteiger partial charge is 0.262 e. The highest BCUT2D eigenvalue weighted by atomic mass is 79.9. The van der Waals surface area contributed by atoms with Crippen molar-refractivity contribution in [2.24, 2.45) is 0 Å². The van der Waals surface area contributed by atoms with E-state index in [0.29, 0.717) is 4.88 Å². The maximum absolute atomic E-state index is 10.8. The zero-order chi connectivity index (χ0) is 9.35. The van der Waals surface area contributed by atoms with Gasteiger partial charge in [-0.1, -0.05) is 6.58 Å². The maximum atomic E-state index is 10.8. The Labute approximate surface area is 87.4 Å². The Kier molecular flexibility index (Phi) is 2.98. The van der Waals surface area contributed by atoms with Crippen LogP contribution in [0, 0.1) is 0 Å². The topological polar surface area (TPSA) is 34.1 Å². The first kappa shape index (κ1) is 10.2. The molecule has 0 aliphatic carbocycles. The van der Waals surface area contributed by atoms with Crippen LogP contribution in [-0.2, 0) is 9.05 Å². The molecule has 0 amide bonds. The predicted octanol–water partition coefficient (Wildman–Crippen LogP) is 3.05. The van der Waals surface area contributed by atoms with Crippen molar-refractivity contribution < 1.29 is 8.42 Å². The second-order valence-electron chi connectivity index (χ2n) is 1.96. The van der Waals surface area contributed by atoms with Gasteiger partial charge in [-0.05, 0) is 28.1 Å². The van der Waals surface area contributed by atoms with E-state index < -0.39 is 9.05 Å². The summed E-state index contributed by atoms with van der Waals surface area (Å²) in [6, 6.07) is 3.39. The summed E-state index contributed by atoms with van der Waals surface area (Å²) in [4.78, 5) is 0.497. The lowest BCUT2D eigenvalue weighted by atomic mass is 10.5. The molecule has 12 heavy (non-hydrogen) atoms. The quantitative estimate of drug-likeness (QED) is 0.784. The van der Waals surface area contributed by atoms with Gasteiger partial charge in [0.25, 0.3) is 9.05 Å². The van der Waals surface area contributed by atoms with E-state index in [-0.39, 0.29) is 4.91 Å². The molecule has 6 heteroatoms. The second-order valence-corrected chi connectivity index (χ2v) is 7.02. The first-order valence-corrected chi connectivity index (χ1v) is 6.72. The average Bonchev–Trinajstić information content (AvgIpc) is 2.32. The summed E-state index contributed by atoms with van der Waals surface area (Å²) in [6.45, 7) is 3.38. The van der Waals surface area contributed by atoms with Gasteiger partial charge in [0.2, 0.25) is 0 Å². The smallest absolute Gasteiger partial charge is 0.207 e. The van der Waals surface area contributed by atoms with Gasteiger partial charge in [-0.25, -0.2) is 8.42 Å². The molecule has 0 aliphatic rings. The lowest BCUT2D eigenvalue weighted by Gasteiger charge is -1.94. The van der Waals surface area contributed by atoms with E-state index in [9.17, 15) is 8.42 Å². The van der Waals surface area contributed by atoms with Gasteiger partial charge in [0.15, 0.2) is 0 Å². The Hall–Kier alpha value is 0.160. The Bertz CT molecular complexity index is 407. The van der Waals surface area contributed by atoms with E-state index in [0.717, 1.165) is 3.79 Å². The number of rotatable bonds is 2. The fraction of sp³-hybridized carbons (Fsp3) is 0. The van der Waals surface area contributed by atoms with E-state index in [1.807, 2.05) is 0 Å². The minimum Gasteiger partial charge on any atom is -0.207 e. The molecule has 1 aromatic heterocycles. The molecule has 0 N–H and O–H groups in total. The lowest BCUT2D eigenvalue weighted by molar-refractivity contribution is 0.618. The third kappa shape index (κ3) is 2.32. The van der Waals surface area contributed by atoms with Crippen LogP contribution in [0.1, 0.15) is 4.88 Å². The van der Waals surface area contributed by atoms with Crippen molar-refractivity contribution >= 4 is 51.9 Å². The van der Waals surface area contributed by atoms with Gasteiger partial charge >= 0.3 is 0 Å². The van der Waals surface area contributed by atoms with Crippen LogP contribution in [0.25, 0.3) is 4.91 Å². The van der Waals surface area contributed by atoms with Gasteiger partial charge in [0.1, 0.15) is 0 Å². The summed E-state index contributed by atoms with van der Waals surface area (Å²) in [7, 11) is 1.42. The zero-order valence-electron chi connectivity index (χ0n) is 5.75. The van der Waals surface area contributed by atoms with Crippen LogP contribution in [0.15, 0.2) is 22.5 Å². The first-order valence-electron chi connectivity index (χ1n) is 2.80. The molecular weight excluding hydrogens is 284 g/mol. The Morgan fingerprint density at radius 3 is 2.50 bits per heavy atom. The molecule has 0 spiro atoms. The number of thiophene rings is 1. The minimum absolute atomic E-state index is 0.0557. The lowest BCUT2D eigenvalue weighted by Crippen LogP contribution is -1.89. The van der Waals surface area contributed by atoms with Gasteiger partial charge in [0.05, 0.1) is 8.69 Å². The van der Waals surface area contributed by atoms with E-state index in [1.165, 1.54) is 11.3 Å². The molecule has 0 saturated heterocycles. The third-order valence-electron chi connectivity index (χ3n) is 1.14. The van der Waals surface area contributed by atoms with Crippen molar-refractivity contribution in [3.05, 3.63) is 27.4 Å². The normalized spacial score (nSPS) is 11.5. The van der Waals surface area contributed by atoms with Crippen molar-refractivity contribution in [3.8, 4) is 0 Å². The third-order valence-corrected chi connectivity index (χ3v) is 4.32. The Morgan fingerprint density at radius 2 is 2.17 bits per heavy atom. The molecule has 66 valence electrons. The Morgan fingerprint density at radius 1 is 1.58 bits per heavy atom. The molecule has 0 fully saturated rings. The van der Waals surface area contributed by atoms with E-state index in [4.69, 9.17) is 10.7 Å². The van der Waals surface area contributed by atoms with E-state index in [1.54, 1.807) is 12.1 Å². The molecule has 1 heterocycles. The van der Waals surface area contributed by atoms with Crippen LogP contribution in [0.3, 0.4) is 0 Å². The van der Waals surface area contributed by atoms with Crippen molar-refractivity contribution in [2.45, 2.75) is 0 Å². The summed E-state index contributed by atoms with van der Waals surface area (Å²) < 4.78 is 22.4. The molecule has 0 saturated carbocycles. The molecule has 0 bridgehead atoms. The van der Waals surface area contributed by atoms with Crippen LogP contribution in [0.5, 0.6) is 0 Å². The standard InChI is InChI=1S/C6H4BrClO2S2/c1-4(12(8,9)10)5-2-3-6(7)11-5/h2-3H,1H2. The molecule has 1 aromatic rings. The van der Waals surface area contributed by atoms with Crippen molar-refractivity contribution in [1.29, 1.82) is 0 Å². The highest BCUT2D eigenvalue weighted by Gasteiger charge is 2.15. The van der Waals surface area contributed by atoms with E-state index >= 15 is 0 Å². The van der Waals surface area contributed by atoms with Crippen LogP contribution < -0.4 is 0 Å². The Balaban J connectivity index is 3.10. The van der Waals surface area contributed by atoms with Gasteiger partial charge < -0.3 is 0 Å². The van der Waals surface area contributed by atoms with Crippen molar-refractivity contribution in [3.63, 3.8) is 0 Å². The molecular formula is C6H4BrClO2S2. The van der Waals surface area contributed by atoms with Gasteiger partial charge in [-0.3, -0.25) is 0 Å². The molecule has 0 aliphatic heterocycles. The number of halogens is 2. The summed E-state index contributed by atoms with van der Waals surface area (Å²) >= 11 is 4.48. The van der Waals surface area contributed by atoms with Crippen molar-refractivity contribution in [2.75, 3.05) is 0 Å². The summed E-state index contributed by atoms with van der Waals surface area (Å²) in [5.41, 5.74) is 0. The zero-order valence-corrected chi connectivity index (χ0v) is 9.73. The fourth-order valence-electron chi connectivity index (χ4n) is 0.584. The molecule has 1 rings (SSSR count). The van der Waals surface area contributed by atoms with Crippen molar-refractivity contribution in [1.82, 2.24) is 0 Å².